The van der Waals surface area contributed by atoms with E-state index in [0.29, 0.717) is 28.4 Å². The maximum absolute atomic E-state index is 12.9. The molecule has 0 aromatic heterocycles. The number of thioether (sulfide) groups is 1. The number of nitrogens with zero attached hydrogens (tertiary/aromatic N) is 1. The minimum Gasteiger partial charge on any atom is -0.493 e. The van der Waals surface area contributed by atoms with Crippen molar-refractivity contribution < 1.29 is 28.7 Å². The zero-order valence-electron chi connectivity index (χ0n) is 22.6. The minimum absolute atomic E-state index is 0.178. The summed E-state index contributed by atoms with van der Waals surface area (Å²) >= 11 is 0.757. The number of carbonyl (C=O) groups is 4. The zero-order chi connectivity index (χ0) is 28.8. The van der Waals surface area contributed by atoms with E-state index in [1.54, 1.807) is 36.4 Å². The van der Waals surface area contributed by atoms with E-state index in [1.807, 2.05) is 51.1 Å². The molecule has 1 aliphatic rings. The van der Waals surface area contributed by atoms with Crippen molar-refractivity contribution in [2.75, 3.05) is 30.9 Å². The molecule has 1 saturated heterocycles. The molecule has 0 bridgehead atoms. The van der Waals surface area contributed by atoms with Crippen molar-refractivity contribution in [3.63, 3.8) is 0 Å². The molecule has 3 aromatic rings. The van der Waals surface area contributed by atoms with E-state index >= 15 is 0 Å². The quantitative estimate of drug-likeness (QED) is 0.342. The second-order valence-electron chi connectivity index (χ2n) is 9.23. The van der Waals surface area contributed by atoms with Crippen molar-refractivity contribution in [3.05, 3.63) is 87.8 Å². The van der Waals surface area contributed by atoms with Crippen LogP contribution in [-0.4, -0.2) is 48.1 Å². The van der Waals surface area contributed by atoms with Crippen molar-refractivity contribution in [1.82, 2.24) is 4.90 Å². The summed E-state index contributed by atoms with van der Waals surface area (Å²) in [4.78, 5) is 51.3. The topological polar surface area (TPSA) is 114 Å². The van der Waals surface area contributed by atoms with E-state index in [2.05, 4.69) is 10.6 Å². The lowest BCUT2D eigenvalue weighted by Crippen LogP contribution is -2.36. The van der Waals surface area contributed by atoms with Gasteiger partial charge in [0.05, 0.1) is 12.0 Å². The number of carbonyl (C=O) groups excluding carboxylic acids is 4. The van der Waals surface area contributed by atoms with Gasteiger partial charge in [0.15, 0.2) is 18.1 Å². The second-order valence-corrected chi connectivity index (χ2v) is 10.2. The van der Waals surface area contributed by atoms with Gasteiger partial charge in [-0.2, -0.15) is 0 Å². The Morgan fingerprint density at radius 1 is 0.875 bits per heavy atom. The number of ether oxygens (including phenoxy) is 2. The Balaban J connectivity index is 1.38. The number of amides is 4. The van der Waals surface area contributed by atoms with Gasteiger partial charge in [-0.3, -0.25) is 24.1 Å². The molecule has 10 heteroatoms. The number of hydrogen-bond acceptors (Lipinski definition) is 7. The first-order chi connectivity index (χ1) is 19.1. The average Bonchev–Trinajstić information content (AvgIpc) is 3.17. The lowest BCUT2D eigenvalue weighted by molar-refractivity contribution is -0.127. The Labute approximate surface area is 236 Å². The Hall–Kier alpha value is -4.57. The molecule has 4 amide bonds. The third-order valence-electron chi connectivity index (χ3n) is 6.11. The van der Waals surface area contributed by atoms with Crippen molar-refractivity contribution in [1.29, 1.82) is 0 Å². The second kappa shape index (κ2) is 12.5. The molecule has 9 nitrogen and oxygen atoms in total. The highest BCUT2D eigenvalue weighted by atomic mass is 32.2. The number of anilines is 2. The summed E-state index contributed by atoms with van der Waals surface area (Å²) < 4.78 is 11.0. The van der Waals surface area contributed by atoms with Gasteiger partial charge < -0.3 is 20.1 Å². The summed E-state index contributed by atoms with van der Waals surface area (Å²) in [6.45, 7) is 5.21. The van der Waals surface area contributed by atoms with Crippen molar-refractivity contribution >= 4 is 52.2 Å². The van der Waals surface area contributed by atoms with Gasteiger partial charge in [-0.25, -0.2) is 0 Å². The molecule has 0 radical (unpaired) electrons. The maximum Gasteiger partial charge on any atom is 0.294 e. The number of hydrogen-bond donors (Lipinski definition) is 2. The van der Waals surface area contributed by atoms with Gasteiger partial charge in [-0.1, -0.05) is 24.3 Å². The molecule has 0 spiro atoms. The maximum atomic E-state index is 12.9. The summed E-state index contributed by atoms with van der Waals surface area (Å²) in [7, 11) is 1.46. The fraction of sp³-hybridized carbons (Fsp3) is 0.200. The molecule has 40 heavy (non-hydrogen) atoms. The first-order valence-corrected chi connectivity index (χ1v) is 13.2. The lowest BCUT2D eigenvalue weighted by atomic mass is 10.1. The number of rotatable bonds is 9. The number of aryl methyl sites for hydroxylation is 3. The van der Waals surface area contributed by atoms with E-state index in [-0.39, 0.29) is 17.4 Å². The molecular weight excluding hydrogens is 530 g/mol. The number of imide groups is 1. The molecule has 3 aromatic carbocycles. The van der Waals surface area contributed by atoms with Crippen molar-refractivity contribution in [3.8, 4) is 11.5 Å². The zero-order valence-corrected chi connectivity index (χ0v) is 23.4. The van der Waals surface area contributed by atoms with Gasteiger partial charge in [-0.05, 0) is 97.3 Å². The van der Waals surface area contributed by atoms with Gasteiger partial charge in [0.25, 0.3) is 17.1 Å². The van der Waals surface area contributed by atoms with Crippen LogP contribution in [0.4, 0.5) is 16.2 Å². The highest BCUT2D eigenvalue weighted by Crippen LogP contribution is 2.34. The normalized spacial score (nSPS) is 13.9. The van der Waals surface area contributed by atoms with Crippen LogP contribution in [0.3, 0.4) is 0 Å². The molecule has 0 aliphatic carbocycles. The average molecular weight is 560 g/mol. The Bertz CT molecular complexity index is 1520. The SMILES string of the molecule is COc1cc(/C=C2/SC(=O)N(CC(=O)Nc3ccc(C)c(C)c3)C2=O)ccc1OCC(=O)Nc1cccc(C)c1. The van der Waals surface area contributed by atoms with E-state index in [4.69, 9.17) is 9.47 Å². The van der Waals surface area contributed by atoms with Gasteiger partial charge in [-0.15, -0.1) is 0 Å². The van der Waals surface area contributed by atoms with Crippen LogP contribution >= 0.6 is 11.8 Å². The summed E-state index contributed by atoms with van der Waals surface area (Å²) in [6.07, 6.45) is 1.54. The Morgan fingerprint density at radius 2 is 1.62 bits per heavy atom. The van der Waals surface area contributed by atoms with Crippen LogP contribution in [0.15, 0.2) is 65.6 Å². The smallest absolute Gasteiger partial charge is 0.294 e. The lowest BCUT2D eigenvalue weighted by Gasteiger charge is -2.13. The standard InChI is InChI=1S/C30H29N3O6S/c1-18-6-5-7-22(12-18)32-28(35)17-39-24-11-9-21(14-25(24)38-4)15-26-29(36)33(30(37)40-26)16-27(34)31-23-10-8-19(2)20(3)13-23/h5-15H,16-17H2,1-4H3,(H,31,34)(H,32,35)/b26-15+. The highest BCUT2D eigenvalue weighted by molar-refractivity contribution is 8.18. The summed E-state index contributed by atoms with van der Waals surface area (Å²) in [5.74, 6) is -0.662. The molecule has 0 atom stereocenters. The Kier molecular flexibility index (Phi) is 8.90. The van der Waals surface area contributed by atoms with Gasteiger partial charge in [0.2, 0.25) is 5.91 Å². The van der Waals surface area contributed by atoms with Gasteiger partial charge in [0, 0.05) is 11.4 Å². The summed E-state index contributed by atoms with van der Waals surface area (Å²) in [5.41, 5.74) is 4.98. The summed E-state index contributed by atoms with van der Waals surface area (Å²) in [5, 5.41) is 4.97. The largest absolute Gasteiger partial charge is 0.493 e. The molecule has 1 heterocycles. The molecule has 1 aliphatic heterocycles. The van der Waals surface area contributed by atoms with Gasteiger partial charge in [0.1, 0.15) is 6.54 Å². The minimum atomic E-state index is -0.558. The third kappa shape index (κ3) is 7.09. The van der Waals surface area contributed by atoms with Crippen LogP contribution in [0.25, 0.3) is 6.08 Å². The molecule has 2 N–H and O–H groups in total. The van der Waals surface area contributed by atoms with Gasteiger partial charge >= 0.3 is 0 Å². The number of methoxy groups -OCH3 is 1. The van der Waals surface area contributed by atoms with E-state index in [1.165, 1.54) is 7.11 Å². The van der Waals surface area contributed by atoms with Crippen molar-refractivity contribution in [2.24, 2.45) is 0 Å². The Morgan fingerprint density at radius 3 is 2.35 bits per heavy atom. The fourth-order valence-electron chi connectivity index (χ4n) is 3.91. The predicted octanol–water partition coefficient (Wildman–Crippen LogP) is 5.31. The summed E-state index contributed by atoms with van der Waals surface area (Å²) in [6, 6.07) is 17.8. The fourth-order valence-corrected chi connectivity index (χ4v) is 4.75. The monoisotopic (exact) mass is 559 g/mol. The molecule has 1 fully saturated rings. The first-order valence-electron chi connectivity index (χ1n) is 12.4. The number of nitrogens with one attached hydrogen (secondary N) is 2. The molecular formula is C30H29N3O6S. The predicted molar refractivity (Wildman–Crippen MR) is 156 cm³/mol. The van der Waals surface area contributed by atoms with Crippen LogP contribution in [0, 0.1) is 20.8 Å². The number of benzene rings is 3. The van der Waals surface area contributed by atoms with Crippen LogP contribution < -0.4 is 20.1 Å². The third-order valence-corrected chi connectivity index (χ3v) is 7.02. The van der Waals surface area contributed by atoms with E-state index in [0.717, 1.165) is 33.4 Å². The van der Waals surface area contributed by atoms with Crippen LogP contribution in [0.5, 0.6) is 11.5 Å². The molecule has 206 valence electrons. The van der Waals surface area contributed by atoms with Crippen molar-refractivity contribution in [2.45, 2.75) is 20.8 Å². The molecule has 0 saturated carbocycles. The van der Waals surface area contributed by atoms with Crippen LogP contribution in [0.1, 0.15) is 22.3 Å². The van der Waals surface area contributed by atoms with E-state index < -0.39 is 23.6 Å². The van der Waals surface area contributed by atoms with Crippen LogP contribution in [-0.2, 0) is 14.4 Å². The first kappa shape index (κ1) is 28.4. The molecule has 4 rings (SSSR count). The van der Waals surface area contributed by atoms with E-state index in [9.17, 15) is 19.2 Å². The molecule has 0 unspecified atom stereocenters. The highest BCUT2D eigenvalue weighted by Gasteiger charge is 2.36. The van der Waals surface area contributed by atoms with Crippen LogP contribution in [0.2, 0.25) is 0 Å².